The van der Waals surface area contributed by atoms with Crippen molar-refractivity contribution in [1.29, 1.82) is 0 Å². The van der Waals surface area contributed by atoms with Gasteiger partial charge < -0.3 is 0 Å². The predicted molar refractivity (Wildman–Crippen MR) is 46.3 cm³/mol. The molecule has 56 valence electrons. The van der Waals surface area contributed by atoms with Crippen LogP contribution in [-0.4, -0.2) is 40.0 Å². The van der Waals surface area contributed by atoms with E-state index in [9.17, 15) is 9.59 Å². The first-order valence-electron chi connectivity index (χ1n) is 3.80. The molecule has 1 rings (SSSR count). The number of carbonyl (C=O) groups excluding carboxylic acids is 2. The van der Waals surface area contributed by atoms with Crippen molar-refractivity contribution < 1.29 is 9.59 Å². The van der Waals surface area contributed by atoms with Crippen molar-refractivity contribution in [3.63, 3.8) is 0 Å². The van der Waals surface area contributed by atoms with Crippen molar-refractivity contribution in [2.24, 2.45) is 0 Å². The molecular weight excluding hydrogens is 163 g/mol. The second-order valence-electron chi connectivity index (χ2n) is 2.66. The van der Waals surface area contributed by atoms with Gasteiger partial charge in [-0.3, -0.25) is 0 Å². The Morgan fingerprint density at radius 2 is 1.92 bits per heavy atom. The van der Waals surface area contributed by atoms with Gasteiger partial charge in [-0.25, -0.2) is 0 Å². The van der Waals surface area contributed by atoms with Crippen LogP contribution in [0.15, 0.2) is 30.3 Å². The van der Waals surface area contributed by atoms with E-state index in [1.807, 2.05) is 6.07 Å². The van der Waals surface area contributed by atoms with Gasteiger partial charge in [-0.2, -0.15) is 0 Å². The van der Waals surface area contributed by atoms with Gasteiger partial charge in [0.15, 0.2) is 0 Å². The van der Waals surface area contributed by atoms with Crippen LogP contribution in [-0.2, 0) is 4.79 Å². The number of aldehydes is 1. The Labute approximate surface area is 88.4 Å². The van der Waals surface area contributed by atoms with Crippen molar-refractivity contribution in [3.8, 4) is 0 Å². The van der Waals surface area contributed by atoms with Crippen LogP contribution in [0.25, 0.3) is 0 Å². The number of Topliss-reactive ketones (excluding diaryl/α,β-unsaturated/α-hetero) is 1. The molecule has 0 spiro atoms. The molecule has 0 N–H and O–H groups in total. The topological polar surface area (TPSA) is 34.1 Å². The summed E-state index contributed by atoms with van der Waals surface area (Å²) < 4.78 is -0.396. The van der Waals surface area contributed by atoms with Gasteiger partial charge in [0.25, 0.3) is 0 Å². The average molecular weight is 170 g/mol. The summed E-state index contributed by atoms with van der Waals surface area (Å²) in [6, 6.07) is 8.91. The fourth-order valence-corrected chi connectivity index (χ4v) is 1.26. The summed E-state index contributed by atoms with van der Waals surface area (Å²) in [6.45, 7) is 0. The maximum absolute atomic E-state index is 11.4. The van der Waals surface area contributed by atoms with Crippen LogP contribution in [0, 0.1) is 0 Å². The van der Waals surface area contributed by atoms with E-state index in [1.54, 1.807) is 24.3 Å². The fourth-order valence-electron chi connectivity index (χ4n) is 0.927. The molecule has 3 heteroatoms. The van der Waals surface area contributed by atoms with Crippen LogP contribution in [0.5, 0.6) is 0 Å². The number of rotatable bonds is 3. The Morgan fingerprint density at radius 1 is 1.33 bits per heavy atom. The molecule has 2 nitrogen and oxygen atoms in total. The van der Waals surface area contributed by atoms with E-state index >= 15 is 0 Å². The van der Waals surface area contributed by atoms with Crippen LogP contribution in [0.1, 0.15) is 10.4 Å². The standard InChI is InChI=1S/C9H7O2.Na/c10-7-6-9(11)8-4-2-1-3-5-8;/h1-7H;. The van der Waals surface area contributed by atoms with Crippen LogP contribution >= 0.6 is 0 Å². The molecule has 1 aromatic rings. The second kappa shape index (κ2) is 4.55. The van der Waals surface area contributed by atoms with E-state index in [0.717, 1.165) is 6.29 Å². The first kappa shape index (κ1) is 9.65. The molecule has 1 atom stereocenters. The van der Waals surface area contributed by atoms with E-state index in [0.29, 0.717) is 33.5 Å². The molecule has 0 aliphatic carbocycles. The Morgan fingerprint density at radius 3 is 2.42 bits per heavy atom. The van der Waals surface area contributed by atoms with Crippen LogP contribution in [0.2, 0.25) is 3.17 Å². The molecule has 1 unspecified atom stereocenters. The molecule has 0 aliphatic rings. The Kier molecular flexibility index (Phi) is 3.66. The normalized spacial score (nSPS) is 12.2. The zero-order valence-corrected chi connectivity index (χ0v) is 8.86. The molecule has 0 saturated carbocycles. The molecule has 0 heterocycles. The van der Waals surface area contributed by atoms with E-state index in [-0.39, 0.29) is 5.78 Å². The molecule has 0 aliphatic heterocycles. The van der Waals surface area contributed by atoms with Gasteiger partial charge in [0.1, 0.15) is 0 Å². The summed E-state index contributed by atoms with van der Waals surface area (Å²) in [5.74, 6) is -0.0581. The number of carbonyl (C=O) groups is 2. The number of hydrogen-bond acceptors (Lipinski definition) is 2. The molecule has 0 aromatic heterocycles. The van der Waals surface area contributed by atoms with Gasteiger partial charge >= 0.3 is 88.7 Å². The van der Waals surface area contributed by atoms with Crippen molar-refractivity contribution in [2.75, 3.05) is 0 Å². The first-order chi connectivity index (χ1) is 5.75. The third-order valence-electron chi connectivity index (χ3n) is 1.68. The van der Waals surface area contributed by atoms with Gasteiger partial charge in [-0.1, -0.05) is 0 Å². The molecule has 12 heavy (non-hydrogen) atoms. The van der Waals surface area contributed by atoms with E-state index in [2.05, 4.69) is 0 Å². The quantitative estimate of drug-likeness (QED) is 0.294. The van der Waals surface area contributed by atoms with E-state index < -0.39 is 3.17 Å². The molecule has 0 amide bonds. The Balaban J connectivity index is 2.85. The molecule has 0 radical (unpaired) electrons. The van der Waals surface area contributed by atoms with Gasteiger partial charge in [0, 0.05) is 0 Å². The van der Waals surface area contributed by atoms with Gasteiger partial charge in [-0.05, 0) is 0 Å². The molecule has 0 bridgehead atoms. The Bertz CT molecular complexity index is 282. The first-order valence-corrected chi connectivity index (χ1v) is 4.95. The van der Waals surface area contributed by atoms with Gasteiger partial charge in [0.05, 0.1) is 0 Å². The molecular formula is C9H7NaO2. The number of hydrogen-bond donors (Lipinski definition) is 0. The number of ketones is 1. The van der Waals surface area contributed by atoms with Crippen LogP contribution < -0.4 is 0 Å². The van der Waals surface area contributed by atoms with Gasteiger partial charge in [0.2, 0.25) is 0 Å². The van der Waals surface area contributed by atoms with E-state index in [1.165, 1.54) is 0 Å². The Hall–Kier alpha value is -0.440. The van der Waals surface area contributed by atoms with Crippen molar-refractivity contribution in [2.45, 2.75) is 3.17 Å². The minimum absolute atomic E-state index is 0.0581. The zero-order chi connectivity index (χ0) is 8.97. The zero-order valence-electron chi connectivity index (χ0n) is 6.86. The average Bonchev–Trinajstić information content (AvgIpc) is 2.17. The molecule has 0 saturated heterocycles. The second-order valence-corrected chi connectivity index (χ2v) is 3.90. The molecule has 0 fully saturated rings. The minimum atomic E-state index is -0.396. The monoisotopic (exact) mass is 170 g/mol. The summed E-state index contributed by atoms with van der Waals surface area (Å²) in [4.78, 5) is 21.7. The summed E-state index contributed by atoms with van der Waals surface area (Å²) in [5, 5.41) is 0. The summed E-state index contributed by atoms with van der Waals surface area (Å²) >= 11 is 0.591. The van der Waals surface area contributed by atoms with Crippen LogP contribution in [0.4, 0.5) is 0 Å². The number of benzene rings is 1. The predicted octanol–water partition coefficient (Wildman–Crippen LogP) is 1.03. The summed E-state index contributed by atoms with van der Waals surface area (Å²) in [7, 11) is 0. The van der Waals surface area contributed by atoms with Crippen molar-refractivity contribution in [1.82, 2.24) is 0 Å². The maximum atomic E-state index is 11.4. The van der Waals surface area contributed by atoms with Crippen LogP contribution in [0.3, 0.4) is 0 Å². The fraction of sp³-hybridized carbons (Fsp3) is 0.111. The molecule has 1 aromatic carbocycles. The van der Waals surface area contributed by atoms with E-state index in [4.69, 9.17) is 0 Å². The van der Waals surface area contributed by atoms with Gasteiger partial charge in [-0.15, -0.1) is 0 Å². The van der Waals surface area contributed by atoms with Crippen molar-refractivity contribution in [3.05, 3.63) is 35.9 Å². The van der Waals surface area contributed by atoms with Crippen molar-refractivity contribution >= 4 is 40.0 Å². The summed E-state index contributed by atoms with van der Waals surface area (Å²) in [5.41, 5.74) is 0.629. The third kappa shape index (κ3) is 2.27. The SMILES string of the molecule is O=C[CH]([Na])C(=O)c1ccccc1. The summed E-state index contributed by atoms with van der Waals surface area (Å²) in [6.07, 6.45) is 0.724. The third-order valence-corrected chi connectivity index (χ3v) is 2.47.